The molecule has 2 aromatic rings. The average Bonchev–Trinajstić information content (AvgIpc) is 3.35. The van der Waals surface area contributed by atoms with E-state index in [-0.39, 0.29) is 24.2 Å². The molecule has 1 aromatic carbocycles. The fraction of sp³-hybridized carbons (Fsp3) is 0.500. The van der Waals surface area contributed by atoms with E-state index >= 15 is 4.39 Å². The number of nitrogens with zero attached hydrogens (tertiary/aromatic N) is 2. The molecule has 2 heterocycles. The van der Waals surface area contributed by atoms with E-state index in [4.69, 9.17) is 4.74 Å². The first-order chi connectivity index (χ1) is 17.6. The molecule has 1 aliphatic heterocycles. The third kappa shape index (κ3) is 6.57. The molecule has 1 atom stereocenters. The molecule has 7 nitrogen and oxygen atoms in total. The molecule has 2 aliphatic rings. The van der Waals surface area contributed by atoms with Crippen LogP contribution in [0, 0.1) is 0 Å². The van der Waals surface area contributed by atoms with Gasteiger partial charge in [-0.05, 0) is 56.4 Å². The Labute approximate surface area is 212 Å². The lowest BCUT2D eigenvalue weighted by Gasteiger charge is -2.38. The van der Waals surface area contributed by atoms with Crippen molar-refractivity contribution in [2.45, 2.75) is 56.0 Å². The molecule has 1 aromatic heterocycles. The van der Waals surface area contributed by atoms with E-state index in [0.29, 0.717) is 43.7 Å². The molecule has 0 radical (unpaired) electrons. The predicted molar refractivity (Wildman–Crippen MR) is 128 cm³/mol. The van der Waals surface area contributed by atoms with E-state index in [1.165, 1.54) is 19.4 Å². The number of aromatic nitrogens is 1. The molecule has 11 heteroatoms. The molecule has 0 spiro atoms. The van der Waals surface area contributed by atoms with Crippen molar-refractivity contribution in [2.24, 2.45) is 0 Å². The number of hydrogen-bond acceptors (Lipinski definition) is 5. The van der Waals surface area contributed by atoms with Crippen LogP contribution in [-0.4, -0.2) is 60.5 Å². The van der Waals surface area contributed by atoms with Gasteiger partial charge in [0.25, 0.3) is 5.91 Å². The van der Waals surface area contributed by atoms with E-state index in [0.717, 1.165) is 31.2 Å². The minimum atomic E-state index is -4.56. The number of amides is 2. The molecule has 0 bridgehead atoms. The fourth-order valence-corrected chi connectivity index (χ4v) is 5.09. The largest absolute Gasteiger partial charge is 0.481 e. The Morgan fingerprint density at radius 3 is 2.57 bits per heavy atom. The lowest BCUT2D eigenvalue weighted by molar-refractivity contribution is -0.137. The number of rotatable bonds is 7. The van der Waals surface area contributed by atoms with Crippen molar-refractivity contribution in [3.63, 3.8) is 0 Å². The molecule has 1 aliphatic carbocycles. The molecule has 0 unspecified atom stereocenters. The van der Waals surface area contributed by atoms with Gasteiger partial charge in [0.15, 0.2) is 0 Å². The van der Waals surface area contributed by atoms with Crippen molar-refractivity contribution < 1.29 is 31.9 Å². The summed E-state index contributed by atoms with van der Waals surface area (Å²) >= 11 is 0. The van der Waals surface area contributed by atoms with Crippen molar-refractivity contribution in [3.8, 4) is 5.88 Å². The molecule has 200 valence electrons. The summed E-state index contributed by atoms with van der Waals surface area (Å²) in [5, 5.41) is 5.24. The van der Waals surface area contributed by atoms with Gasteiger partial charge in [-0.1, -0.05) is 6.07 Å². The lowest BCUT2D eigenvalue weighted by atomic mass is 9.79. The van der Waals surface area contributed by atoms with Crippen LogP contribution in [0.3, 0.4) is 0 Å². The second-order valence-corrected chi connectivity index (χ2v) is 9.60. The highest BCUT2D eigenvalue weighted by Crippen LogP contribution is 2.42. The van der Waals surface area contributed by atoms with E-state index in [2.05, 4.69) is 20.5 Å². The quantitative estimate of drug-likeness (QED) is 0.540. The number of ether oxygens (including phenoxy) is 1. The normalized spacial score (nSPS) is 24.5. The molecular weight excluding hydrogens is 492 g/mol. The standard InChI is InChI=1S/C26H30F4N4O3/c1-37-23-6-5-19(14-31-23)25(27)10-7-21(8-11-25)34-12-9-20(16-34)33-22(35)15-32-24(36)17-3-2-4-18(13-17)26(28,29)30/h2-6,13-14,20-21H,7-12,15-16H2,1H3,(H,32,36)(H,33,35)/t20-,21?,25?/m1/s1. The molecular formula is C26H30F4N4O3. The SMILES string of the molecule is COc1ccc(C2(F)CCC(N3CC[C@@H](NC(=O)CNC(=O)c4cccc(C(F)(F)F)c4)C3)CC2)cn1. The van der Waals surface area contributed by atoms with Gasteiger partial charge in [0.05, 0.1) is 19.2 Å². The number of alkyl halides is 4. The first-order valence-corrected chi connectivity index (χ1v) is 12.3. The smallest absolute Gasteiger partial charge is 0.416 e. The van der Waals surface area contributed by atoms with E-state index in [1.807, 2.05) is 0 Å². The molecule has 2 amide bonds. The zero-order valence-corrected chi connectivity index (χ0v) is 20.5. The monoisotopic (exact) mass is 522 g/mol. The fourth-order valence-electron chi connectivity index (χ4n) is 5.09. The molecule has 1 saturated carbocycles. The predicted octanol–water partition coefficient (Wildman–Crippen LogP) is 3.84. The van der Waals surface area contributed by atoms with Crippen LogP contribution < -0.4 is 15.4 Å². The number of pyridine rings is 1. The van der Waals surface area contributed by atoms with Crippen LogP contribution in [0.4, 0.5) is 17.6 Å². The molecule has 1 saturated heterocycles. The number of hydrogen-bond donors (Lipinski definition) is 2. The van der Waals surface area contributed by atoms with E-state index < -0.39 is 29.2 Å². The Morgan fingerprint density at radius 1 is 1.16 bits per heavy atom. The van der Waals surface area contributed by atoms with Crippen molar-refractivity contribution in [1.82, 2.24) is 20.5 Å². The van der Waals surface area contributed by atoms with Crippen LogP contribution >= 0.6 is 0 Å². The summed E-state index contributed by atoms with van der Waals surface area (Å²) in [4.78, 5) is 30.9. The number of carbonyl (C=O) groups excluding carboxylic acids is 2. The van der Waals surface area contributed by atoms with Gasteiger partial charge in [-0.3, -0.25) is 14.5 Å². The Kier molecular flexibility index (Phi) is 8.01. The van der Waals surface area contributed by atoms with Gasteiger partial charge in [0, 0.05) is 48.6 Å². The van der Waals surface area contributed by atoms with Crippen molar-refractivity contribution >= 4 is 11.8 Å². The Bertz CT molecular complexity index is 1100. The summed E-state index contributed by atoms with van der Waals surface area (Å²) in [6.07, 6.45) is -0.133. The first-order valence-electron chi connectivity index (χ1n) is 12.3. The third-order valence-electron chi connectivity index (χ3n) is 7.17. The Hall–Kier alpha value is -3.21. The zero-order chi connectivity index (χ0) is 26.6. The number of benzene rings is 1. The van der Waals surface area contributed by atoms with E-state index in [1.54, 1.807) is 12.1 Å². The van der Waals surface area contributed by atoms with Crippen LogP contribution in [0.2, 0.25) is 0 Å². The maximum Gasteiger partial charge on any atom is 0.416 e. The summed E-state index contributed by atoms with van der Waals surface area (Å²) in [7, 11) is 1.51. The third-order valence-corrected chi connectivity index (χ3v) is 7.17. The highest BCUT2D eigenvalue weighted by molar-refractivity contribution is 5.96. The van der Waals surface area contributed by atoms with E-state index in [9.17, 15) is 22.8 Å². The zero-order valence-electron chi connectivity index (χ0n) is 20.5. The van der Waals surface area contributed by atoms with Gasteiger partial charge in [0.2, 0.25) is 11.8 Å². The first kappa shape index (κ1) is 26.8. The maximum atomic E-state index is 15.6. The van der Waals surface area contributed by atoms with Crippen LogP contribution in [-0.2, 0) is 16.6 Å². The second-order valence-electron chi connectivity index (χ2n) is 9.60. The molecule has 37 heavy (non-hydrogen) atoms. The second kappa shape index (κ2) is 11.0. The van der Waals surface area contributed by atoms with Crippen LogP contribution in [0.5, 0.6) is 5.88 Å². The highest BCUT2D eigenvalue weighted by Gasteiger charge is 2.40. The van der Waals surface area contributed by atoms with Crippen molar-refractivity contribution in [2.75, 3.05) is 26.7 Å². The summed E-state index contributed by atoms with van der Waals surface area (Å²) in [5.41, 5.74) is -1.95. The van der Waals surface area contributed by atoms with Crippen molar-refractivity contribution in [3.05, 3.63) is 59.3 Å². The van der Waals surface area contributed by atoms with Crippen LogP contribution in [0.15, 0.2) is 42.6 Å². The minimum Gasteiger partial charge on any atom is -0.481 e. The summed E-state index contributed by atoms with van der Waals surface area (Å²) < 4.78 is 59.2. The highest BCUT2D eigenvalue weighted by atomic mass is 19.4. The van der Waals surface area contributed by atoms with Gasteiger partial charge >= 0.3 is 6.18 Å². The number of likely N-dealkylation sites (tertiary alicyclic amines) is 1. The topological polar surface area (TPSA) is 83.6 Å². The lowest BCUT2D eigenvalue weighted by Crippen LogP contribution is -2.45. The Morgan fingerprint density at radius 2 is 1.92 bits per heavy atom. The molecule has 2 N–H and O–H groups in total. The van der Waals surface area contributed by atoms with Crippen molar-refractivity contribution in [1.29, 1.82) is 0 Å². The molecule has 4 rings (SSSR count). The summed E-state index contributed by atoms with van der Waals surface area (Å²) in [6, 6.07) is 7.54. The van der Waals surface area contributed by atoms with Crippen LogP contribution in [0.1, 0.15) is 53.6 Å². The molecule has 2 fully saturated rings. The summed E-state index contributed by atoms with van der Waals surface area (Å²) in [6.45, 7) is 1.06. The van der Waals surface area contributed by atoms with Gasteiger partial charge in [0.1, 0.15) is 5.67 Å². The number of methoxy groups -OCH3 is 1. The Balaban J connectivity index is 1.21. The van der Waals surface area contributed by atoms with Gasteiger partial charge in [-0.2, -0.15) is 13.2 Å². The minimum absolute atomic E-state index is 0.110. The number of carbonyl (C=O) groups is 2. The van der Waals surface area contributed by atoms with Gasteiger partial charge in [-0.15, -0.1) is 0 Å². The average molecular weight is 523 g/mol. The number of halogens is 4. The number of nitrogens with one attached hydrogen (secondary N) is 2. The summed E-state index contributed by atoms with van der Waals surface area (Å²) in [5.74, 6) is -0.717. The maximum absolute atomic E-state index is 15.6. The van der Waals surface area contributed by atoms with Gasteiger partial charge < -0.3 is 15.4 Å². The van der Waals surface area contributed by atoms with Crippen LogP contribution in [0.25, 0.3) is 0 Å². The van der Waals surface area contributed by atoms with Gasteiger partial charge in [-0.25, -0.2) is 9.37 Å².